The zero-order valence-corrected chi connectivity index (χ0v) is 22.7. The van der Waals surface area contributed by atoms with Crippen LogP contribution in [-0.2, 0) is 11.3 Å². The lowest BCUT2D eigenvalue weighted by Crippen LogP contribution is -2.38. The van der Waals surface area contributed by atoms with Crippen LogP contribution in [0.3, 0.4) is 0 Å². The molecule has 0 spiro atoms. The van der Waals surface area contributed by atoms with Gasteiger partial charge in [0.05, 0.1) is 19.3 Å². The standard InChI is InChI=1S/C26H31F2N3O2.C2H6O2.ClH/c1-26(2,3)24(30-12-11-22(29)25(32)33)23-13-18(20-14-19(27)9-10-21(20)28)16-31(23)15-17-7-5-4-6-8-17;3-1-2-4;/h4-10,13-14,16,22,24,30H,11-12,15,29H2,1-3H3,(H,32,33);3-4H,1-2H2;1H/t22-,24-;;/m0../s1. The fourth-order valence-electron chi connectivity index (χ4n) is 3.92. The molecule has 2 aromatic carbocycles. The Morgan fingerprint density at radius 1 is 1.05 bits per heavy atom. The maximum Gasteiger partial charge on any atom is 0.320 e. The number of nitrogens with two attached hydrogens (primary N) is 1. The molecule has 1 aromatic heterocycles. The molecule has 0 radical (unpaired) electrons. The van der Waals surface area contributed by atoms with Crippen molar-refractivity contribution < 1.29 is 28.9 Å². The molecule has 6 N–H and O–H groups in total. The number of nitrogens with one attached hydrogen (secondary N) is 1. The Hall–Kier alpha value is -2.82. The van der Waals surface area contributed by atoms with E-state index in [0.717, 1.165) is 23.4 Å². The van der Waals surface area contributed by atoms with Crippen molar-refractivity contribution in [3.8, 4) is 11.1 Å². The van der Waals surface area contributed by atoms with Gasteiger partial charge in [0.15, 0.2) is 0 Å². The molecule has 0 aliphatic heterocycles. The summed E-state index contributed by atoms with van der Waals surface area (Å²) in [6.45, 7) is 6.92. The van der Waals surface area contributed by atoms with Crippen LogP contribution in [0.15, 0.2) is 60.8 Å². The largest absolute Gasteiger partial charge is 0.480 e. The molecule has 0 aliphatic carbocycles. The Balaban J connectivity index is 0.00000135. The number of benzene rings is 2. The molecule has 7 nitrogen and oxygen atoms in total. The molecule has 0 amide bonds. The van der Waals surface area contributed by atoms with Gasteiger partial charge >= 0.3 is 5.97 Å². The summed E-state index contributed by atoms with van der Waals surface area (Å²) in [5.41, 5.74) is 8.16. The molecule has 0 saturated heterocycles. The lowest BCUT2D eigenvalue weighted by Gasteiger charge is -2.33. The minimum atomic E-state index is -1.04. The van der Waals surface area contributed by atoms with E-state index in [2.05, 4.69) is 26.1 Å². The Kier molecular flexibility index (Phi) is 13.6. The number of aliphatic hydroxyl groups excluding tert-OH is 2. The molecule has 210 valence electrons. The Morgan fingerprint density at radius 2 is 1.68 bits per heavy atom. The number of aromatic nitrogens is 1. The third-order valence-corrected chi connectivity index (χ3v) is 5.75. The molecule has 0 unspecified atom stereocenters. The number of halogens is 3. The van der Waals surface area contributed by atoms with Crippen LogP contribution in [0, 0.1) is 17.0 Å². The SMILES string of the molecule is CC(C)(C)[C@@H](NCC[C@H](N)C(=O)O)c1cc(-c2cc(F)ccc2F)cn1Cc1ccccc1.Cl.OCCO. The van der Waals surface area contributed by atoms with Crippen LogP contribution in [-0.4, -0.2) is 51.7 Å². The summed E-state index contributed by atoms with van der Waals surface area (Å²) in [7, 11) is 0. The van der Waals surface area contributed by atoms with E-state index in [0.29, 0.717) is 18.7 Å². The van der Waals surface area contributed by atoms with Gasteiger partial charge in [0.2, 0.25) is 0 Å². The predicted molar refractivity (Wildman–Crippen MR) is 147 cm³/mol. The van der Waals surface area contributed by atoms with Crippen LogP contribution in [0.4, 0.5) is 8.78 Å². The average Bonchev–Trinajstić information content (AvgIpc) is 3.25. The van der Waals surface area contributed by atoms with E-state index in [1.54, 1.807) is 0 Å². The normalized spacial score (nSPS) is 12.6. The van der Waals surface area contributed by atoms with Crippen LogP contribution in [0.5, 0.6) is 0 Å². The highest BCUT2D eigenvalue weighted by molar-refractivity contribution is 5.85. The highest BCUT2D eigenvalue weighted by atomic mass is 35.5. The van der Waals surface area contributed by atoms with Crippen molar-refractivity contribution in [1.82, 2.24) is 9.88 Å². The van der Waals surface area contributed by atoms with Gasteiger partial charge in [-0.1, -0.05) is 51.1 Å². The van der Waals surface area contributed by atoms with Crippen molar-refractivity contribution in [3.63, 3.8) is 0 Å². The molecular weight excluding hydrogens is 516 g/mol. The molecule has 0 fully saturated rings. The topological polar surface area (TPSA) is 121 Å². The Morgan fingerprint density at radius 3 is 2.24 bits per heavy atom. The van der Waals surface area contributed by atoms with Gasteiger partial charge in [0.25, 0.3) is 0 Å². The van der Waals surface area contributed by atoms with Gasteiger partial charge < -0.3 is 30.9 Å². The summed E-state index contributed by atoms with van der Waals surface area (Å²) in [5, 5.41) is 27.8. The highest BCUT2D eigenvalue weighted by Gasteiger charge is 2.30. The molecule has 0 bridgehead atoms. The second-order valence-electron chi connectivity index (χ2n) is 9.83. The predicted octanol–water partition coefficient (Wildman–Crippen LogP) is 4.35. The maximum atomic E-state index is 14.6. The van der Waals surface area contributed by atoms with Crippen molar-refractivity contribution >= 4 is 18.4 Å². The number of rotatable bonds is 10. The first kappa shape index (κ1) is 33.2. The number of aliphatic hydroxyl groups is 2. The van der Waals surface area contributed by atoms with Crippen molar-refractivity contribution in [2.45, 2.75) is 45.8 Å². The van der Waals surface area contributed by atoms with Gasteiger partial charge in [-0.15, -0.1) is 12.4 Å². The molecule has 38 heavy (non-hydrogen) atoms. The van der Waals surface area contributed by atoms with Gasteiger partial charge in [0.1, 0.15) is 17.7 Å². The van der Waals surface area contributed by atoms with E-state index in [1.165, 1.54) is 6.07 Å². The molecule has 2 atom stereocenters. The van der Waals surface area contributed by atoms with Gasteiger partial charge in [0, 0.05) is 29.6 Å². The monoisotopic (exact) mass is 553 g/mol. The number of hydrogen-bond acceptors (Lipinski definition) is 5. The van der Waals surface area contributed by atoms with Crippen LogP contribution in [0.1, 0.15) is 44.5 Å². The number of carboxylic acid groups (broad SMARTS) is 1. The first-order chi connectivity index (χ1) is 17.5. The average molecular weight is 554 g/mol. The number of nitrogens with zero attached hydrogens (tertiary/aromatic N) is 1. The Bertz CT molecular complexity index is 1130. The third-order valence-electron chi connectivity index (χ3n) is 5.75. The van der Waals surface area contributed by atoms with Crippen LogP contribution in [0.2, 0.25) is 0 Å². The fourth-order valence-corrected chi connectivity index (χ4v) is 3.92. The molecule has 0 aliphatic rings. The van der Waals surface area contributed by atoms with E-state index >= 15 is 0 Å². The number of aliphatic carboxylic acids is 1. The second kappa shape index (κ2) is 15.6. The lowest BCUT2D eigenvalue weighted by molar-refractivity contribution is -0.138. The first-order valence-corrected chi connectivity index (χ1v) is 12.1. The van der Waals surface area contributed by atoms with Crippen LogP contribution < -0.4 is 11.1 Å². The number of carbonyl (C=O) groups is 1. The zero-order valence-electron chi connectivity index (χ0n) is 21.9. The fraction of sp³-hybridized carbons (Fsp3) is 0.393. The number of hydrogen-bond donors (Lipinski definition) is 5. The van der Waals surface area contributed by atoms with Crippen LogP contribution in [0.25, 0.3) is 11.1 Å². The summed E-state index contributed by atoms with van der Waals surface area (Å²) in [6.07, 6.45) is 2.11. The summed E-state index contributed by atoms with van der Waals surface area (Å²) in [6, 6.07) is 14.1. The van der Waals surface area contributed by atoms with E-state index < -0.39 is 23.6 Å². The van der Waals surface area contributed by atoms with Gasteiger partial charge in [-0.2, -0.15) is 0 Å². The molecule has 10 heteroatoms. The Labute approximate surface area is 228 Å². The minimum absolute atomic E-state index is 0. The van der Waals surface area contributed by atoms with E-state index in [-0.39, 0.29) is 49.1 Å². The smallest absolute Gasteiger partial charge is 0.320 e. The summed E-state index contributed by atoms with van der Waals surface area (Å²) >= 11 is 0. The van der Waals surface area contributed by atoms with Gasteiger partial charge in [-0.25, -0.2) is 8.78 Å². The minimum Gasteiger partial charge on any atom is -0.480 e. The summed E-state index contributed by atoms with van der Waals surface area (Å²) < 4.78 is 30.5. The zero-order chi connectivity index (χ0) is 27.6. The first-order valence-electron chi connectivity index (χ1n) is 12.1. The van der Waals surface area contributed by atoms with E-state index in [9.17, 15) is 13.6 Å². The van der Waals surface area contributed by atoms with Gasteiger partial charge in [-0.05, 0) is 48.2 Å². The van der Waals surface area contributed by atoms with E-state index in [1.807, 2.05) is 47.2 Å². The summed E-state index contributed by atoms with van der Waals surface area (Å²) in [4.78, 5) is 11.1. The summed E-state index contributed by atoms with van der Waals surface area (Å²) in [5.74, 6) is -2.04. The van der Waals surface area contributed by atoms with Gasteiger partial charge in [-0.3, -0.25) is 4.79 Å². The second-order valence-corrected chi connectivity index (χ2v) is 9.83. The highest BCUT2D eigenvalue weighted by Crippen LogP contribution is 2.37. The lowest BCUT2D eigenvalue weighted by atomic mass is 9.84. The quantitative estimate of drug-likeness (QED) is 0.254. The molecule has 3 rings (SSSR count). The molecule has 0 saturated carbocycles. The van der Waals surface area contributed by atoms with Crippen LogP contribution >= 0.6 is 12.4 Å². The third kappa shape index (κ3) is 9.81. The molecule has 3 aromatic rings. The molecular formula is C28H38ClF2N3O4. The van der Waals surface area contributed by atoms with Crippen molar-refractivity contribution in [2.24, 2.45) is 11.1 Å². The number of carboxylic acids is 1. The van der Waals surface area contributed by atoms with E-state index in [4.69, 9.17) is 21.1 Å². The van der Waals surface area contributed by atoms with Crippen molar-refractivity contribution in [1.29, 1.82) is 0 Å². The van der Waals surface area contributed by atoms with Crippen molar-refractivity contribution in [2.75, 3.05) is 19.8 Å². The van der Waals surface area contributed by atoms with Crippen molar-refractivity contribution in [3.05, 3.63) is 83.7 Å². The molecule has 1 heterocycles. The maximum absolute atomic E-state index is 14.6.